The fourth-order valence-corrected chi connectivity index (χ4v) is 5.01. The maximum Gasteiger partial charge on any atom is 0.275 e. The zero-order valence-corrected chi connectivity index (χ0v) is 27.6. The number of aromatic nitrogens is 5. The molecule has 0 bridgehead atoms. The number of aromatic amines is 2. The first-order chi connectivity index (χ1) is 23.4. The molecule has 2 aliphatic rings. The van der Waals surface area contributed by atoms with E-state index in [9.17, 15) is 14.7 Å². The van der Waals surface area contributed by atoms with Crippen molar-refractivity contribution in [3.63, 3.8) is 0 Å². The van der Waals surface area contributed by atoms with Gasteiger partial charge >= 0.3 is 0 Å². The fraction of sp³-hybridized carbons (Fsp3) is 0.371. The number of nitrogens with zero attached hydrogens (tertiary/aromatic N) is 5. The van der Waals surface area contributed by atoms with Gasteiger partial charge in [0.15, 0.2) is 0 Å². The van der Waals surface area contributed by atoms with Crippen molar-refractivity contribution in [2.24, 2.45) is 0 Å². The molecule has 48 heavy (non-hydrogen) atoms. The molecule has 0 aliphatic carbocycles. The van der Waals surface area contributed by atoms with Gasteiger partial charge in [-0.25, -0.2) is 9.97 Å². The van der Waals surface area contributed by atoms with E-state index in [4.69, 9.17) is 14.2 Å². The van der Waals surface area contributed by atoms with E-state index < -0.39 is 6.10 Å². The molecule has 6 rings (SSSR count). The molecule has 2 fully saturated rings. The van der Waals surface area contributed by atoms with Gasteiger partial charge in [-0.2, -0.15) is 0 Å². The first-order valence-electron chi connectivity index (χ1n) is 15.9. The van der Waals surface area contributed by atoms with Gasteiger partial charge in [0.2, 0.25) is 0 Å². The number of allylic oxidation sites excluding steroid dienone is 5. The Morgan fingerprint density at radius 2 is 1.75 bits per heavy atom. The SMILES string of the molecule is C=C/C=C(\C=C/C)n1cc(-c2ccc(OCC(O)CN3CCOCC3)cc2)c2nc[nH]c(=O)c21.CN1CCOCC1.O=c1ccnc[nH]1. The van der Waals surface area contributed by atoms with Gasteiger partial charge in [-0.05, 0) is 43.8 Å². The summed E-state index contributed by atoms with van der Waals surface area (Å²) >= 11 is 0. The van der Waals surface area contributed by atoms with Crippen molar-refractivity contribution in [2.45, 2.75) is 13.0 Å². The molecule has 0 saturated carbocycles. The quantitative estimate of drug-likeness (QED) is 0.229. The van der Waals surface area contributed by atoms with Gasteiger partial charge in [0.05, 0.1) is 39.1 Å². The van der Waals surface area contributed by atoms with Gasteiger partial charge in [0.1, 0.15) is 29.5 Å². The van der Waals surface area contributed by atoms with Crippen LogP contribution in [0.15, 0.2) is 95.9 Å². The zero-order chi connectivity index (χ0) is 34.1. The maximum absolute atomic E-state index is 12.7. The number of H-pyrrole nitrogens is 2. The van der Waals surface area contributed by atoms with Gasteiger partial charge in [-0.3, -0.25) is 14.5 Å². The summed E-state index contributed by atoms with van der Waals surface area (Å²) in [5, 5.41) is 10.3. The molecule has 2 saturated heterocycles. The molecule has 5 heterocycles. The molecule has 1 unspecified atom stereocenters. The topological polar surface area (TPSA) is 151 Å². The van der Waals surface area contributed by atoms with Gasteiger partial charge in [-0.1, -0.05) is 30.9 Å². The summed E-state index contributed by atoms with van der Waals surface area (Å²) in [6, 6.07) is 8.94. The van der Waals surface area contributed by atoms with E-state index in [2.05, 4.69) is 43.4 Å². The Labute approximate surface area is 279 Å². The Balaban J connectivity index is 0.000000304. The second-order valence-corrected chi connectivity index (χ2v) is 11.1. The number of aliphatic hydroxyl groups is 1. The second-order valence-electron chi connectivity index (χ2n) is 11.1. The lowest BCUT2D eigenvalue weighted by atomic mass is 10.1. The number of nitrogens with one attached hydrogen (secondary N) is 2. The molecule has 2 aliphatic heterocycles. The highest BCUT2D eigenvalue weighted by molar-refractivity contribution is 5.95. The van der Waals surface area contributed by atoms with Crippen LogP contribution in [0.25, 0.3) is 27.9 Å². The Bertz CT molecular complexity index is 1720. The number of hydrogen-bond acceptors (Lipinski definition) is 10. The predicted molar refractivity (Wildman–Crippen MR) is 187 cm³/mol. The van der Waals surface area contributed by atoms with E-state index in [0.29, 0.717) is 36.5 Å². The number of ether oxygens (including phenoxy) is 3. The monoisotopic (exact) mass is 659 g/mol. The van der Waals surface area contributed by atoms with Crippen molar-refractivity contribution in [1.82, 2.24) is 34.3 Å². The summed E-state index contributed by atoms with van der Waals surface area (Å²) in [4.78, 5) is 40.3. The minimum atomic E-state index is -0.576. The number of benzene rings is 1. The number of aliphatic hydroxyl groups excluding tert-OH is 1. The third-order valence-corrected chi connectivity index (χ3v) is 7.50. The highest BCUT2D eigenvalue weighted by Crippen LogP contribution is 2.31. The molecule has 13 nitrogen and oxygen atoms in total. The number of morpholine rings is 2. The van der Waals surface area contributed by atoms with Gasteiger partial charge < -0.3 is 38.8 Å². The lowest BCUT2D eigenvalue weighted by molar-refractivity contribution is 0.00465. The zero-order valence-electron chi connectivity index (χ0n) is 27.6. The molecular weight excluding hydrogens is 614 g/mol. The molecule has 3 N–H and O–H groups in total. The largest absolute Gasteiger partial charge is 0.491 e. The van der Waals surface area contributed by atoms with Crippen molar-refractivity contribution in [2.75, 3.05) is 72.8 Å². The summed E-state index contributed by atoms with van der Waals surface area (Å²) in [5.74, 6) is 0.667. The first-order valence-corrected chi connectivity index (χ1v) is 15.9. The van der Waals surface area contributed by atoms with Gasteiger partial charge in [-0.15, -0.1) is 0 Å². The van der Waals surface area contributed by atoms with Gasteiger partial charge in [0, 0.05) is 62.4 Å². The summed E-state index contributed by atoms with van der Waals surface area (Å²) < 4.78 is 18.1. The number of β-amino-alcohol motifs (C(OH)–C–C–N with tert-alkyl or cyclic N) is 1. The van der Waals surface area contributed by atoms with Crippen LogP contribution in [0.4, 0.5) is 0 Å². The molecule has 13 heteroatoms. The van der Waals surface area contributed by atoms with Gasteiger partial charge in [0.25, 0.3) is 11.1 Å². The van der Waals surface area contributed by atoms with Crippen molar-refractivity contribution in [1.29, 1.82) is 0 Å². The molecule has 0 radical (unpaired) electrons. The Morgan fingerprint density at radius 1 is 1.04 bits per heavy atom. The van der Waals surface area contributed by atoms with Crippen LogP contribution in [0.2, 0.25) is 0 Å². The predicted octanol–water partition coefficient (Wildman–Crippen LogP) is 2.78. The number of rotatable bonds is 9. The van der Waals surface area contributed by atoms with E-state index in [-0.39, 0.29) is 17.7 Å². The molecule has 256 valence electrons. The summed E-state index contributed by atoms with van der Waals surface area (Å²) in [6.07, 6.45) is 12.9. The third-order valence-electron chi connectivity index (χ3n) is 7.50. The van der Waals surface area contributed by atoms with E-state index in [1.807, 2.05) is 60.2 Å². The number of fused-ring (bicyclic) bond motifs is 1. The summed E-state index contributed by atoms with van der Waals surface area (Å²) in [7, 11) is 2.11. The standard InChI is InChI=1S/C26H30N4O4.C5H11NO.C4H4N2O/c1-3-5-20(6-4-2)30-16-23(24-25(30)26(32)28-18-27-24)19-7-9-22(10-8-19)34-17-21(31)15-29-11-13-33-14-12-29;1-6-2-4-7-5-3-6;7-4-1-2-5-3-6-4/h3-10,16,18,21,31H,1,11-15,17H2,2H3,(H,27,28,32);2-5H2,1H3;1-3H,(H,5,6,7)/b6-4-,20-5+;;. The van der Waals surface area contributed by atoms with Crippen LogP contribution < -0.4 is 15.9 Å². The van der Waals surface area contributed by atoms with Crippen LogP contribution in [-0.4, -0.2) is 118 Å². The van der Waals surface area contributed by atoms with Crippen molar-refractivity contribution >= 4 is 16.7 Å². The highest BCUT2D eigenvalue weighted by Gasteiger charge is 2.17. The number of hydrogen-bond donors (Lipinski definition) is 3. The fourth-order valence-electron chi connectivity index (χ4n) is 5.01. The highest BCUT2D eigenvalue weighted by atomic mass is 16.5. The molecule has 1 aromatic carbocycles. The number of likely N-dealkylation sites (N-methyl/N-ethyl adjacent to an activating group) is 1. The average molecular weight is 660 g/mol. The van der Waals surface area contributed by atoms with E-state index in [1.54, 1.807) is 6.08 Å². The van der Waals surface area contributed by atoms with E-state index in [0.717, 1.165) is 56.2 Å². The third kappa shape index (κ3) is 11.0. The van der Waals surface area contributed by atoms with Crippen molar-refractivity contribution in [3.05, 3.63) is 107 Å². The Hall–Kier alpha value is -4.66. The molecular formula is C35H45N7O6. The van der Waals surface area contributed by atoms with Crippen LogP contribution >= 0.6 is 0 Å². The normalized spacial score (nSPS) is 16.4. The van der Waals surface area contributed by atoms with E-state index >= 15 is 0 Å². The Morgan fingerprint density at radius 3 is 2.31 bits per heavy atom. The molecule has 0 amide bonds. The summed E-state index contributed by atoms with van der Waals surface area (Å²) in [6.45, 7) is 13.6. The Kier molecular flexibility index (Phi) is 14.5. The minimum absolute atomic E-state index is 0.116. The van der Waals surface area contributed by atoms with Crippen molar-refractivity contribution < 1.29 is 19.3 Å². The smallest absolute Gasteiger partial charge is 0.275 e. The van der Waals surface area contributed by atoms with Crippen LogP contribution in [0.3, 0.4) is 0 Å². The van der Waals surface area contributed by atoms with Crippen LogP contribution in [0.1, 0.15) is 6.92 Å². The average Bonchev–Trinajstić information content (AvgIpc) is 3.50. The summed E-state index contributed by atoms with van der Waals surface area (Å²) in [5.41, 5.74) is 3.29. The van der Waals surface area contributed by atoms with Crippen LogP contribution in [-0.2, 0) is 9.47 Å². The minimum Gasteiger partial charge on any atom is -0.491 e. The van der Waals surface area contributed by atoms with Crippen LogP contribution in [0, 0.1) is 0 Å². The molecule has 4 aromatic rings. The first kappa shape index (κ1) is 36.2. The van der Waals surface area contributed by atoms with Crippen LogP contribution in [0.5, 0.6) is 5.75 Å². The maximum atomic E-state index is 12.7. The van der Waals surface area contributed by atoms with E-state index in [1.165, 1.54) is 24.9 Å². The van der Waals surface area contributed by atoms with Crippen molar-refractivity contribution in [3.8, 4) is 16.9 Å². The molecule has 3 aromatic heterocycles. The second kappa shape index (κ2) is 19.2. The lowest BCUT2D eigenvalue weighted by Crippen LogP contribution is -2.42. The molecule has 0 spiro atoms. The lowest BCUT2D eigenvalue weighted by Gasteiger charge is -2.28. The molecule has 1 atom stereocenters.